The Balaban J connectivity index is 2.06. The second-order valence-corrected chi connectivity index (χ2v) is 4.08. The lowest BCUT2D eigenvalue weighted by atomic mass is 10.1. The fraction of sp³-hybridized carbons (Fsp3) is 0.636. The summed E-state index contributed by atoms with van der Waals surface area (Å²) in [5, 5.41) is 0. The largest absolute Gasteiger partial charge is 0.461 e. The maximum atomic E-state index is 11.5. The van der Waals surface area contributed by atoms with Crippen molar-refractivity contribution in [1.29, 1.82) is 0 Å². The third kappa shape index (κ3) is 2.58. The molecule has 94 valence electrons. The van der Waals surface area contributed by atoms with E-state index in [0.717, 1.165) is 26.2 Å². The second kappa shape index (κ2) is 5.18. The molecule has 2 heterocycles. The van der Waals surface area contributed by atoms with Gasteiger partial charge >= 0.3 is 5.97 Å². The third-order valence-corrected chi connectivity index (χ3v) is 2.83. The molecule has 1 aromatic heterocycles. The van der Waals surface area contributed by atoms with Crippen molar-refractivity contribution in [3.63, 3.8) is 0 Å². The van der Waals surface area contributed by atoms with Gasteiger partial charge in [0, 0.05) is 19.1 Å². The van der Waals surface area contributed by atoms with Crippen LogP contribution in [-0.2, 0) is 16.0 Å². The van der Waals surface area contributed by atoms with Crippen LogP contribution in [0.2, 0.25) is 0 Å². The highest BCUT2D eigenvalue weighted by atomic mass is 16.5. The van der Waals surface area contributed by atoms with Gasteiger partial charge < -0.3 is 19.8 Å². The molecule has 6 heteroatoms. The van der Waals surface area contributed by atoms with Gasteiger partial charge in [0.15, 0.2) is 5.69 Å². The second-order valence-electron chi connectivity index (χ2n) is 4.08. The van der Waals surface area contributed by atoms with Crippen LogP contribution >= 0.6 is 0 Å². The van der Waals surface area contributed by atoms with Crippen LogP contribution in [0.1, 0.15) is 23.8 Å². The first kappa shape index (κ1) is 11.9. The van der Waals surface area contributed by atoms with E-state index in [0.29, 0.717) is 18.3 Å². The van der Waals surface area contributed by atoms with E-state index in [-0.39, 0.29) is 5.69 Å². The van der Waals surface area contributed by atoms with Gasteiger partial charge in [0.05, 0.1) is 19.5 Å². The first-order valence-corrected chi connectivity index (χ1v) is 5.77. The highest BCUT2D eigenvalue weighted by molar-refractivity contribution is 5.92. The minimum absolute atomic E-state index is 0.200. The van der Waals surface area contributed by atoms with Crippen LogP contribution in [0.15, 0.2) is 6.33 Å². The van der Waals surface area contributed by atoms with Gasteiger partial charge in [-0.15, -0.1) is 0 Å². The van der Waals surface area contributed by atoms with E-state index in [1.165, 1.54) is 0 Å². The van der Waals surface area contributed by atoms with Crippen molar-refractivity contribution in [2.24, 2.45) is 5.92 Å². The lowest BCUT2D eigenvalue weighted by molar-refractivity contribution is 0.0521. The summed E-state index contributed by atoms with van der Waals surface area (Å²) >= 11 is 0. The summed E-state index contributed by atoms with van der Waals surface area (Å²) < 4.78 is 12.0. The quantitative estimate of drug-likeness (QED) is 0.781. The molecule has 0 saturated carbocycles. The third-order valence-electron chi connectivity index (χ3n) is 2.83. The van der Waals surface area contributed by atoms with Crippen molar-refractivity contribution in [3.8, 4) is 0 Å². The lowest BCUT2D eigenvalue weighted by Gasteiger charge is -2.09. The number of hydrogen-bond acceptors (Lipinski definition) is 5. The number of aromatic nitrogens is 2. The summed E-state index contributed by atoms with van der Waals surface area (Å²) in [6.07, 6.45) is 2.60. The van der Waals surface area contributed by atoms with Crippen LogP contribution in [0, 0.1) is 5.92 Å². The standard InChI is InChI=1S/C11H17N3O3/c1-2-17-11(15)9-10(12)14(7-13-9)5-8-3-4-16-6-8/h7-8H,2-6,12H2,1H3. The zero-order valence-electron chi connectivity index (χ0n) is 9.89. The minimum atomic E-state index is -0.466. The number of nitrogen functional groups attached to an aromatic ring is 1. The number of imidazole rings is 1. The molecule has 1 atom stereocenters. The molecule has 0 spiro atoms. The van der Waals surface area contributed by atoms with Crippen molar-refractivity contribution < 1.29 is 14.3 Å². The summed E-state index contributed by atoms with van der Waals surface area (Å²) in [4.78, 5) is 15.5. The highest BCUT2D eigenvalue weighted by Gasteiger charge is 2.21. The number of anilines is 1. The smallest absolute Gasteiger partial charge is 0.360 e. The Morgan fingerprint density at radius 3 is 3.24 bits per heavy atom. The number of rotatable bonds is 4. The number of nitrogens with two attached hydrogens (primary N) is 1. The zero-order chi connectivity index (χ0) is 12.3. The van der Waals surface area contributed by atoms with Gasteiger partial charge in [-0.3, -0.25) is 0 Å². The number of esters is 1. The number of ether oxygens (including phenoxy) is 2. The van der Waals surface area contributed by atoms with Gasteiger partial charge in [-0.1, -0.05) is 0 Å². The SMILES string of the molecule is CCOC(=O)c1ncn(CC2CCOC2)c1N. The average Bonchev–Trinajstić information content (AvgIpc) is 2.91. The van der Waals surface area contributed by atoms with E-state index < -0.39 is 5.97 Å². The Morgan fingerprint density at radius 1 is 1.76 bits per heavy atom. The number of carbonyl (C=O) groups excluding carboxylic acids is 1. The Kier molecular flexibility index (Phi) is 3.63. The molecular weight excluding hydrogens is 222 g/mol. The van der Waals surface area contributed by atoms with E-state index in [1.807, 2.05) is 0 Å². The van der Waals surface area contributed by atoms with Gasteiger partial charge in [0.1, 0.15) is 5.82 Å². The number of nitrogens with zero attached hydrogens (tertiary/aromatic N) is 2. The molecule has 1 unspecified atom stereocenters. The maximum Gasteiger partial charge on any atom is 0.360 e. The fourth-order valence-corrected chi connectivity index (χ4v) is 1.90. The molecule has 0 aliphatic carbocycles. The summed E-state index contributed by atoms with van der Waals surface area (Å²) in [7, 11) is 0. The van der Waals surface area contributed by atoms with E-state index in [1.54, 1.807) is 17.8 Å². The Bertz CT molecular complexity index is 397. The summed E-state index contributed by atoms with van der Waals surface area (Å²) in [5.74, 6) is 0.350. The van der Waals surface area contributed by atoms with Crippen LogP contribution < -0.4 is 5.73 Å². The molecule has 1 fully saturated rings. The normalized spacial score (nSPS) is 19.5. The number of carbonyl (C=O) groups is 1. The molecule has 1 aromatic rings. The molecule has 2 rings (SSSR count). The van der Waals surface area contributed by atoms with Gasteiger partial charge in [0.2, 0.25) is 0 Å². The Morgan fingerprint density at radius 2 is 2.59 bits per heavy atom. The zero-order valence-corrected chi connectivity index (χ0v) is 9.89. The molecular formula is C11H17N3O3. The molecule has 17 heavy (non-hydrogen) atoms. The maximum absolute atomic E-state index is 11.5. The van der Waals surface area contributed by atoms with E-state index >= 15 is 0 Å². The molecule has 2 N–H and O–H groups in total. The van der Waals surface area contributed by atoms with Crippen molar-refractivity contribution >= 4 is 11.8 Å². The van der Waals surface area contributed by atoms with Crippen molar-refractivity contribution in [3.05, 3.63) is 12.0 Å². The Hall–Kier alpha value is -1.56. The summed E-state index contributed by atoms with van der Waals surface area (Å²) in [6.45, 7) is 4.34. The van der Waals surface area contributed by atoms with Crippen molar-refractivity contribution in [2.75, 3.05) is 25.6 Å². The van der Waals surface area contributed by atoms with Crippen molar-refractivity contribution in [1.82, 2.24) is 9.55 Å². The average molecular weight is 239 g/mol. The molecule has 1 saturated heterocycles. The number of hydrogen-bond donors (Lipinski definition) is 1. The predicted octanol–water partition coefficient (Wildman–Crippen LogP) is 0.678. The first-order valence-electron chi connectivity index (χ1n) is 5.77. The highest BCUT2D eigenvalue weighted by Crippen LogP contribution is 2.18. The lowest BCUT2D eigenvalue weighted by Crippen LogP contribution is -2.14. The molecule has 0 radical (unpaired) electrons. The first-order chi connectivity index (χ1) is 8.22. The van der Waals surface area contributed by atoms with Gasteiger partial charge in [0.25, 0.3) is 0 Å². The van der Waals surface area contributed by atoms with E-state index in [9.17, 15) is 4.79 Å². The summed E-state index contributed by atoms with van der Waals surface area (Å²) in [6, 6.07) is 0. The fourth-order valence-electron chi connectivity index (χ4n) is 1.90. The minimum Gasteiger partial charge on any atom is -0.461 e. The molecule has 0 aromatic carbocycles. The van der Waals surface area contributed by atoms with Crippen LogP contribution in [0.5, 0.6) is 0 Å². The van der Waals surface area contributed by atoms with E-state index in [2.05, 4.69) is 4.98 Å². The molecule has 0 amide bonds. The molecule has 0 bridgehead atoms. The topological polar surface area (TPSA) is 79.4 Å². The molecule has 6 nitrogen and oxygen atoms in total. The van der Waals surface area contributed by atoms with Gasteiger partial charge in [-0.05, 0) is 13.3 Å². The molecule has 1 aliphatic rings. The van der Waals surface area contributed by atoms with Crippen LogP contribution in [-0.4, -0.2) is 35.3 Å². The van der Waals surface area contributed by atoms with Crippen LogP contribution in [0.3, 0.4) is 0 Å². The Labute approximate surface area is 99.7 Å². The van der Waals surface area contributed by atoms with Gasteiger partial charge in [-0.25, -0.2) is 9.78 Å². The van der Waals surface area contributed by atoms with Crippen molar-refractivity contribution in [2.45, 2.75) is 19.9 Å². The summed E-state index contributed by atoms with van der Waals surface area (Å²) in [5.41, 5.74) is 6.07. The van der Waals surface area contributed by atoms with E-state index in [4.69, 9.17) is 15.2 Å². The monoisotopic (exact) mass is 239 g/mol. The van der Waals surface area contributed by atoms with Crippen LogP contribution in [0.4, 0.5) is 5.82 Å². The molecule has 1 aliphatic heterocycles. The van der Waals surface area contributed by atoms with Gasteiger partial charge in [-0.2, -0.15) is 0 Å². The van der Waals surface area contributed by atoms with Crippen LogP contribution in [0.25, 0.3) is 0 Å². The predicted molar refractivity (Wildman–Crippen MR) is 61.5 cm³/mol.